The number of benzene rings is 1. The summed E-state index contributed by atoms with van der Waals surface area (Å²) in [6.45, 7) is 1.97. The fraction of sp³-hybridized carbons (Fsp3) is 0.471. The second-order valence-corrected chi connectivity index (χ2v) is 9.81. The van der Waals surface area contributed by atoms with Crippen LogP contribution in [0.3, 0.4) is 0 Å². The van der Waals surface area contributed by atoms with Crippen molar-refractivity contribution in [3.63, 3.8) is 0 Å². The van der Waals surface area contributed by atoms with Crippen LogP contribution in [-0.2, 0) is 28.1 Å². The summed E-state index contributed by atoms with van der Waals surface area (Å²) in [6, 6.07) is 7.64. The Balaban J connectivity index is 1.54. The quantitative estimate of drug-likeness (QED) is 0.751. The minimum Gasteiger partial charge on any atom is -0.325 e. The van der Waals surface area contributed by atoms with Crippen molar-refractivity contribution in [3.8, 4) is 0 Å². The zero-order valence-corrected chi connectivity index (χ0v) is 16.4. The summed E-state index contributed by atoms with van der Waals surface area (Å²) in [5, 5.41) is 11.8. The van der Waals surface area contributed by atoms with Crippen molar-refractivity contribution in [1.29, 1.82) is 0 Å². The minimum atomic E-state index is -2.89. The van der Waals surface area contributed by atoms with Crippen LogP contribution < -0.4 is 5.32 Å². The number of nitrogens with one attached hydrogen (secondary N) is 1. The summed E-state index contributed by atoms with van der Waals surface area (Å²) in [7, 11) is -1.04. The smallest absolute Gasteiger partial charge is 0.234 e. The van der Waals surface area contributed by atoms with Crippen molar-refractivity contribution in [3.05, 3.63) is 35.7 Å². The molecule has 2 aromatic rings. The molecule has 1 aliphatic heterocycles. The second kappa shape index (κ2) is 7.79. The van der Waals surface area contributed by atoms with E-state index in [1.54, 1.807) is 0 Å². The van der Waals surface area contributed by atoms with E-state index in [-0.39, 0.29) is 29.1 Å². The molecule has 0 unspecified atom stereocenters. The third-order valence-corrected chi connectivity index (χ3v) is 7.21. The number of hydrogen-bond acceptors (Lipinski definition) is 6. The molecule has 1 fully saturated rings. The molecule has 1 saturated heterocycles. The lowest BCUT2D eigenvalue weighted by atomic mass is 10.1. The van der Waals surface area contributed by atoms with Crippen molar-refractivity contribution >= 4 is 33.2 Å². The number of rotatable bonds is 6. The van der Waals surface area contributed by atoms with Crippen molar-refractivity contribution in [2.75, 3.05) is 22.6 Å². The molecule has 1 amide bonds. The Bertz CT molecular complexity index is 908. The van der Waals surface area contributed by atoms with Gasteiger partial charge in [-0.25, -0.2) is 8.42 Å². The van der Waals surface area contributed by atoms with Crippen LogP contribution in [0.15, 0.2) is 29.4 Å². The van der Waals surface area contributed by atoms with Gasteiger partial charge in [-0.15, -0.1) is 10.2 Å². The van der Waals surface area contributed by atoms with E-state index >= 15 is 0 Å². The molecule has 1 N–H and O–H groups in total. The average molecular weight is 395 g/mol. The molecule has 9 heteroatoms. The SMILES string of the molecule is Cc1cccc(NC(=O)CSc2nnc(C[C@H]3CCS(=O)(=O)C3)n2C)c1. The number of nitrogens with zero attached hydrogens (tertiary/aromatic N) is 3. The summed E-state index contributed by atoms with van der Waals surface area (Å²) in [4.78, 5) is 12.1. The van der Waals surface area contributed by atoms with Gasteiger partial charge in [0.2, 0.25) is 5.91 Å². The molecule has 26 heavy (non-hydrogen) atoms. The number of carbonyl (C=O) groups excluding carboxylic acids is 1. The molecule has 2 heterocycles. The highest BCUT2D eigenvalue weighted by Crippen LogP contribution is 2.24. The Morgan fingerprint density at radius 3 is 2.88 bits per heavy atom. The Morgan fingerprint density at radius 2 is 2.19 bits per heavy atom. The summed E-state index contributed by atoms with van der Waals surface area (Å²) < 4.78 is 25.0. The largest absolute Gasteiger partial charge is 0.325 e. The van der Waals surface area contributed by atoms with Crippen LogP contribution in [-0.4, -0.2) is 46.3 Å². The van der Waals surface area contributed by atoms with Gasteiger partial charge in [-0.05, 0) is 37.0 Å². The number of sulfone groups is 1. The van der Waals surface area contributed by atoms with Crippen LogP contribution in [0.2, 0.25) is 0 Å². The molecule has 140 valence electrons. The first-order valence-corrected chi connectivity index (χ1v) is 11.2. The lowest BCUT2D eigenvalue weighted by Crippen LogP contribution is -2.14. The topological polar surface area (TPSA) is 94.0 Å². The van der Waals surface area contributed by atoms with Gasteiger partial charge in [-0.3, -0.25) is 4.79 Å². The average Bonchev–Trinajstić information content (AvgIpc) is 3.08. The molecule has 0 radical (unpaired) electrons. The third kappa shape index (κ3) is 4.85. The second-order valence-electron chi connectivity index (χ2n) is 6.64. The molecule has 1 aromatic carbocycles. The molecule has 1 atom stereocenters. The van der Waals surface area contributed by atoms with E-state index < -0.39 is 9.84 Å². The first-order valence-electron chi connectivity index (χ1n) is 8.40. The molecule has 1 aromatic heterocycles. The molecule has 3 rings (SSSR count). The summed E-state index contributed by atoms with van der Waals surface area (Å²) >= 11 is 1.32. The van der Waals surface area contributed by atoms with Gasteiger partial charge in [0.25, 0.3) is 0 Å². The number of anilines is 1. The summed E-state index contributed by atoms with van der Waals surface area (Å²) in [5.74, 6) is 1.47. The Labute approximate surface area is 157 Å². The molecule has 0 bridgehead atoms. The molecule has 0 aliphatic carbocycles. The van der Waals surface area contributed by atoms with Gasteiger partial charge in [-0.1, -0.05) is 23.9 Å². The third-order valence-electron chi connectivity index (χ3n) is 4.36. The van der Waals surface area contributed by atoms with Crippen LogP contribution in [0, 0.1) is 12.8 Å². The lowest BCUT2D eigenvalue weighted by Gasteiger charge is -2.08. The van der Waals surface area contributed by atoms with Gasteiger partial charge in [0.15, 0.2) is 15.0 Å². The summed E-state index contributed by atoms with van der Waals surface area (Å²) in [6.07, 6.45) is 1.27. The molecule has 1 aliphatic rings. The van der Waals surface area contributed by atoms with Crippen molar-refractivity contribution in [2.45, 2.75) is 24.9 Å². The number of thioether (sulfide) groups is 1. The Morgan fingerprint density at radius 1 is 1.38 bits per heavy atom. The highest BCUT2D eigenvalue weighted by molar-refractivity contribution is 7.99. The van der Waals surface area contributed by atoms with Gasteiger partial charge in [0, 0.05) is 19.2 Å². The maximum Gasteiger partial charge on any atom is 0.234 e. The minimum absolute atomic E-state index is 0.102. The van der Waals surface area contributed by atoms with Crippen LogP contribution in [0.1, 0.15) is 17.8 Å². The van der Waals surface area contributed by atoms with Crippen LogP contribution in [0.25, 0.3) is 0 Å². The van der Waals surface area contributed by atoms with E-state index in [2.05, 4.69) is 15.5 Å². The molecule has 0 saturated carbocycles. The number of amides is 1. The van der Waals surface area contributed by atoms with E-state index in [0.29, 0.717) is 18.0 Å². The number of carbonyl (C=O) groups is 1. The zero-order chi connectivity index (χ0) is 18.7. The number of aromatic nitrogens is 3. The Kier molecular flexibility index (Phi) is 5.67. The normalized spacial score (nSPS) is 18.8. The van der Waals surface area contributed by atoms with Gasteiger partial charge in [-0.2, -0.15) is 0 Å². The maximum absolute atomic E-state index is 12.1. The van der Waals surface area contributed by atoms with E-state index in [1.165, 1.54) is 11.8 Å². The monoisotopic (exact) mass is 394 g/mol. The van der Waals surface area contributed by atoms with E-state index in [9.17, 15) is 13.2 Å². The standard InChI is InChI=1S/C17H22N4O3S2/c1-12-4-3-5-14(8-12)18-16(22)10-25-17-20-19-15(21(17)2)9-13-6-7-26(23,24)11-13/h3-5,8,13H,6-7,9-11H2,1-2H3,(H,18,22)/t13-/m1/s1. The zero-order valence-electron chi connectivity index (χ0n) is 14.8. The van der Waals surface area contributed by atoms with Gasteiger partial charge < -0.3 is 9.88 Å². The van der Waals surface area contributed by atoms with E-state index in [4.69, 9.17) is 0 Å². The highest BCUT2D eigenvalue weighted by Gasteiger charge is 2.29. The van der Waals surface area contributed by atoms with Crippen molar-refractivity contribution in [2.24, 2.45) is 13.0 Å². The number of hydrogen-bond donors (Lipinski definition) is 1. The predicted molar refractivity (Wildman–Crippen MR) is 102 cm³/mol. The number of aryl methyl sites for hydroxylation is 1. The van der Waals surface area contributed by atoms with Gasteiger partial charge in [0.05, 0.1) is 17.3 Å². The first-order chi connectivity index (χ1) is 12.3. The molecule has 7 nitrogen and oxygen atoms in total. The summed E-state index contributed by atoms with van der Waals surface area (Å²) in [5.41, 5.74) is 1.86. The van der Waals surface area contributed by atoms with Crippen molar-refractivity contribution < 1.29 is 13.2 Å². The fourth-order valence-corrected chi connectivity index (χ4v) is 5.58. The Hall–Kier alpha value is -1.87. The maximum atomic E-state index is 12.1. The van der Waals surface area contributed by atoms with Gasteiger partial charge >= 0.3 is 0 Å². The van der Waals surface area contributed by atoms with Crippen LogP contribution in [0.5, 0.6) is 0 Å². The fourth-order valence-electron chi connectivity index (χ4n) is 2.99. The van der Waals surface area contributed by atoms with E-state index in [0.717, 1.165) is 17.1 Å². The molecule has 0 spiro atoms. The van der Waals surface area contributed by atoms with Gasteiger partial charge in [0.1, 0.15) is 5.82 Å². The molecular formula is C17H22N4O3S2. The first kappa shape index (κ1) is 18.9. The predicted octanol–water partition coefficient (Wildman–Crippen LogP) is 1.83. The van der Waals surface area contributed by atoms with Crippen molar-refractivity contribution in [1.82, 2.24) is 14.8 Å². The lowest BCUT2D eigenvalue weighted by molar-refractivity contribution is -0.113. The van der Waals surface area contributed by atoms with Crippen LogP contribution >= 0.6 is 11.8 Å². The van der Waals surface area contributed by atoms with Crippen LogP contribution in [0.4, 0.5) is 5.69 Å². The molecular weight excluding hydrogens is 372 g/mol. The van der Waals surface area contributed by atoms with E-state index in [1.807, 2.05) is 42.8 Å². The highest BCUT2D eigenvalue weighted by atomic mass is 32.2.